The zero-order chi connectivity index (χ0) is 21.6. The van der Waals surface area contributed by atoms with Gasteiger partial charge in [0.15, 0.2) is 0 Å². The van der Waals surface area contributed by atoms with Crippen LogP contribution in [0.3, 0.4) is 0 Å². The van der Waals surface area contributed by atoms with E-state index >= 15 is 0 Å². The van der Waals surface area contributed by atoms with E-state index in [1.807, 2.05) is 12.4 Å². The number of hydrogen-bond donors (Lipinski definition) is 0. The minimum absolute atomic E-state index is 0.308. The summed E-state index contributed by atoms with van der Waals surface area (Å²) in [5, 5.41) is 0. The molecule has 1 amide bonds. The normalized spacial score (nSPS) is 22.6. The van der Waals surface area contributed by atoms with Gasteiger partial charge in [-0.25, -0.2) is 4.98 Å². The predicted molar refractivity (Wildman–Crippen MR) is 126 cm³/mol. The summed E-state index contributed by atoms with van der Waals surface area (Å²) in [6.45, 7) is 5.98. The lowest BCUT2D eigenvalue weighted by Crippen LogP contribution is -2.41. The molecule has 2 aliphatic rings. The number of carbonyl (C=O) groups excluding carboxylic acids is 1. The van der Waals surface area contributed by atoms with Crippen LogP contribution in [0.1, 0.15) is 103 Å². The number of rotatable bonds is 8. The lowest BCUT2D eigenvalue weighted by Gasteiger charge is -2.34. The topological polar surface area (TPSA) is 51.0 Å². The Morgan fingerprint density at radius 2 is 1.87 bits per heavy atom. The second-order valence-electron chi connectivity index (χ2n) is 9.71. The molecule has 4 rings (SSSR count). The van der Waals surface area contributed by atoms with Crippen LogP contribution in [0.4, 0.5) is 0 Å². The van der Waals surface area contributed by atoms with E-state index in [0.29, 0.717) is 24.3 Å². The van der Waals surface area contributed by atoms with Crippen LogP contribution in [0.25, 0.3) is 11.0 Å². The fourth-order valence-electron chi connectivity index (χ4n) is 6.05. The number of imidazole rings is 1. The third kappa shape index (κ3) is 5.12. The Morgan fingerprint density at radius 1 is 1.10 bits per heavy atom. The predicted octanol–water partition coefficient (Wildman–Crippen LogP) is 6.08. The number of fused-ring (bicyclic) bond motifs is 1. The van der Waals surface area contributed by atoms with E-state index in [1.165, 1.54) is 76.5 Å². The number of pyridine rings is 1. The van der Waals surface area contributed by atoms with E-state index < -0.39 is 0 Å². The van der Waals surface area contributed by atoms with Gasteiger partial charge >= 0.3 is 0 Å². The van der Waals surface area contributed by atoms with Gasteiger partial charge in [-0.3, -0.25) is 9.78 Å². The summed E-state index contributed by atoms with van der Waals surface area (Å²) >= 11 is 0. The van der Waals surface area contributed by atoms with Gasteiger partial charge < -0.3 is 9.47 Å². The highest BCUT2D eigenvalue weighted by molar-refractivity contribution is 5.78. The molecule has 0 bridgehead atoms. The Hall–Kier alpha value is -1.91. The summed E-state index contributed by atoms with van der Waals surface area (Å²) in [7, 11) is 0. The first-order chi connectivity index (χ1) is 15.2. The van der Waals surface area contributed by atoms with Crippen molar-refractivity contribution >= 4 is 16.9 Å². The third-order valence-corrected chi connectivity index (χ3v) is 7.71. The lowest BCUT2D eigenvalue weighted by molar-refractivity contribution is -0.134. The van der Waals surface area contributed by atoms with Crippen molar-refractivity contribution in [1.29, 1.82) is 0 Å². The van der Waals surface area contributed by atoms with Crippen molar-refractivity contribution in [1.82, 2.24) is 19.4 Å². The summed E-state index contributed by atoms with van der Waals surface area (Å²) in [5.74, 6) is 2.89. The molecule has 2 aromatic heterocycles. The van der Waals surface area contributed by atoms with Crippen molar-refractivity contribution in [2.45, 2.75) is 109 Å². The first kappa shape index (κ1) is 22.3. The molecule has 0 radical (unpaired) electrons. The maximum Gasteiger partial charge on any atom is 0.224 e. The molecule has 5 nitrogen and oxygen atoms in total. The molecular weight excluding hydrogens is 384 g/mol. The fourth-order valence-corrected chi connectivity index (χ4v) is 6.05. The van der Waals surface area contributed by atoms with E-state index in [1.54, 1.807) is 0 Å². The number of carbonyl (C=O) groups is 1. The SMILES string of the molecule is CCC[C@H]1CC[C@H](c2nc3cnccc3n2CCC(=O)N(CC)C2CCCCC2)CC1. The van der Waals surface area contributed by atoms with Crippen LogP contribution in [0.15, 0.2) is 18.5 Å². The van der Waals surface area contributed by atoms with Gasteiger partial charge in [0, 0.05) is 37.7 Å². The highest BCUT2D eigenvalue weighted by atomic mass is 16.2. The molecular formula is C26H40N4O. The van der Waals surface area contributed by atoms with E-state index in [-0.39, 0.29) is 0 Å². The monoisotopic (exact) mass is 424 g/mol. The van der Waals surface area contributed by atoms with Gasteiger partial charge in [-0.1, -0.05) is 39.0 Å². The molecule has 170 valence electrons. The van der Waals surface area contributed by atoms with Crippen LogP contribution in [-0.4, -0.2) is 37.9 Å². The van der Waals surface area contributed by atoms with Crippen LogP contribution >= 0.6 is 0 Å². The Kier molecular flexibility index (Phi) is 7.62. The van der Waals surface area contributed by atoms with Crippen LogP contribution in [0, 0.1) is 5.92 Å². The van der Waals surface area contributed by atoms with Crippen LogP contribution in [-0.2, 0) is 11.3 Å². The zero-order valence-corrected chi connectivity index (χ0v) is 19.6. The van der Waals surface area contributed by atoms with E-state index in [4.69, 9.17) is 4.98 Å². The molecule has 2 aromatic rings. The molecule has 0 spiro atoms. The Morgan fingerprint density at radius 3 is 2.58 bits per heavy atom. The second kappa shape index (κ2) is 10.6. The molecule has 2 heterocycles. The van der Waals surface area contributed by atoms with E-state index in [2.05, 4.69) is 34.4 Å². The third-order valence-electron chi connectivity index (χ3n) is 7.71. The van der Waals surface area contributed by atoms with Gasteiger partial charge in [0.05, 0.1) is 11.7 Å². The van der Waals surface area contributed by atoms with Crippen molar-refractivity contribution in [3.8, 4) is 0 Å². The molecule has 5 heteroatoms. The van der Waals surface area contributed by atoms with Crippen LogP contribution < -0.4 is 0 Å². The Bertz CT molecular complexity index is 846. The number of hydrogen-bond acceptors (Lipinski definition) is 3. The number of aromatic nitrogens is 3. The summed E-state index contributed by atoms with van der Waals surface area (Å²) in [4.78, 5) is 24.6. The van der Waals surface area contributed by atoms with Gasteiger partial charge in [-0.15, -0.1) is 0 Å². The van der Waals surface area contributed by atoms with Gasteiger partial charge in [0.1, 0.15) is 11.3 Å². The minimum atomic E-state index is 0.308. The van der Waals surface area contributed by atoms with Crippen molar-refractivity contribution in [3.05, 3.63) is 24.3 Å². The number of amides is 1. The van der Waals surface area contributed by atoms with Crippen molar-refractivity contribution < 1.29 is 4.79 Å². The Balaban J connectivity index is 1.49. The van der Waals surface area contributed by atoms with Crippen LogP contribution in [0.5, 0.6) is 0 Å². The molecule has 2 saturated carbocycles. The average Bonchev–Trinajstić information content (AvgIpc) is 3.18. The first-order valence-electron chi connectivity index (χ1n) is 12.8. The summed E-state index contributed by atoms with van der Waals surface area (Å²) in [6, 6.07) is 2.51. The van der Waals surface area contributed by atoms with Gasteiger partial charge in [0.25, 0.3) is 0 Å². The maximum absolute atomic E-state index is 13.2. The molecule has 0 aliphatic heterocycles. The van der Waals surface area contributed by atoms with Crippen molar-refractivity contribution in [2.24, 2.45) is 5.92 Å². The highest BCUT2D eigenvalue weighted by Gasteiger charge is 2.28. The molecule has 31 heavy (non-hydrogen) atoms. The molecule has 0 atom stereocenters. The largest absolute Gasteiger partial charge is 0.340 e. The highest BCUT2D eigenvalue weighted by Crippen LogP contribution is 2.38. The molecule has 2 aliphatic carbocycles. The number of nitrogens with zero attached hydrogens (tertiary/aromatic N) is 4. The van der Waals surface area contributed by atoms with Gasteiger partial charge in [-0.2, -0.15) is 0 Å². The molecule has 0 unspecified atom stereocenters. The summed E-state index contributed by atoms with van der Waals surface area (Å²) < 4.78 is 2.34. The fraction of sp³-hybridized carbons (Fsp3) is 0.731. The van der Waals surface area contributed by atoms with E-state index in [0.717, 1.165) is 30.0 Å². The number of aryl methyl sites for hydroxylation is 1. The average molecular weight is 425 g/mol. The van der Waals surface area contributed by atoms with Crippen LogP contribution in [0.2, 0.25) is 0 Å². The molecule has 2 fully saturated rings. The first-order valence-corrected chi connectivity index (χ1v) is 12.8. The molecule has 0 aromatic carbocycles. The summed E-state index contributed by atoms with van der Waals surface area (Å²) in [5.41, 5.74) is 2.11. The zero-order valence-electron chi connectivity index (χ0n) is 19.6. The standard InChI is InChI=1S/C26H40N4O/c1-3-8-20-11-13-21(14-12-20)26-28-23-19-27-17-15-24(23)30(26)18-16-25(31)29(4-2)22-9-6-5-7-10-22/h15,17,19-22H,3-14,16,18H2,1-2H3/t20-,21-. The quantitative estimate of drug-likeness (QED) is 0.516. The van der Waals surface area contributed by atoms with Crippen molar-refractivity contribution in [3.63, 3.8) is 0 Å². The Labute approximate surface area is 187 Å². The molecule has 0 N–H and O–H groups in total. The van der Waals surface area contributed by atoms with Gasteiger partial charge in [-0.05, 0) is 57.4 Å². The van der Waals surface area contributed by atoms with E-state index in [9.17, 15) is 4.79 Å². The smallest absolute Gasteiger partial charge is 0.224 e. The van der Waals surface area contributed by atoms with Gasteiger partial charge in [0.2, 0.25) is 5.91 Å². The molecule has 0 saturated heterocycles. The minimum Gasteiger partial charge on any atom is -0.340 e. The summed E-state index contributed by atoms with van der Waals surface area (Å²) in [6.07, 6.45) is 18.2. The lowest BCUT2D eigenvalue weighted by atomic mass is 9.79. The maximum atomic E-state index is 13.2. The second-order valence-corrected chi connectivity index (χ2v) is 9.71. The van der Waals surface area contributed by atoms with Crippen molar-refractivity contribution in [2.75, 3.05) is 6.54 Å².